The van der Waals surface area contributed by atoms with Crippen molar-refractivity contribution >= 4 is 28.3 Å². The second-order valence-electron chi connectivity index (χ2n) is 3.61. The van der Waals surface area contributed by atoms with Crippen LogP contribution in [0.3, 0.4) is 0 Å². The molecule has 3 nitrogen and oxygen atoms in total. The molecule has 84 valence electrons. The number of furan rings is 1. The zero-order valence-electron chi connectivity index (χ0n) is 8.71. The van der Waals surface area contributed by atoms with Gasteiger partial charge in [-0.3, -0.25) is 0 Å². The predicted octanol–water partition coefficient (Wildman–Crippen LogP) is 3.86. The molecular formula is C13H8O3S. The van der Waals surface area contributed by atoms with Gasteiger partial charge in [-0.1, -0.05) is 18.2 Å². The SMILES string of the molecule is O=C(O)c1sccc1-c1coc2ccccc12. The highest BCUT2D eigenvalue weighted by atomic mass is 32.1. The Labute approximate surface area is 101 Å². The van der Waals surface area contributed by atoms with Crippen molar-refractivity contribution in [1.29, 1.82) is 0 Å². The highest BCUT2D eigenvalue weighted by Crippen LogP contribution is 2.34. The first-order chi connectivity index (χ1) is 8.27. The molecule has 0 aliphatic carbocycles. The van der Waals surface area contributed by atoms with Crippen molar-refractivity contribution in [2.45, 2.75) is 0 Å². The summed E-state index contributed by atoms with van der Waals surface area (Å²) in [4.78, 5) is 11.4. The summed E-state index contributed by atoms with van der Waals surface area (Å²) in [6.07, 6.45) is 1.61. The van der Waals surface area contributed by atoms with Gasteiger partial charge in [0.25, 0.3) is 0 Å². The number of fused-ring (bicyclic) bond motifs is 1. The predicted molar refractivity (Wildman–Crippen MR) is 66.5 cm³/mol. The molecule has 2 aromatic heterocycles. The van der Waals surface area contributed by atoms with Gasteiger partial charge in [-0.2, -0.15) is 0 Å². The topological polar surface area (TPSA) is 50.4 Å². The standard InChI is InChI=1S/C13H8O3S/c14-13(15)12-9(5-6-17-12)10-7-16-11-4-2-1-3-8(10)11/h1-7H,(H,14,15). The summed E-state index contributed by atoms with van der Waals surface area (Å²) in [5.74, 6) is -0.903. The van der Waals surface area contributed by atoms with Gasteiger partial charge in [0.1, 0.15) is 10.5 Å². The van der Waals surface area contributed by atoms with Crippen LogP contribution in [0.15, 0.2) is 46.4 Å². The number of aromatic carboxylic acids is 1. The average molecular weight is 244 g/mol. The van der Waals surface area contributed by atoms with Gasteiger partial charge in [0.15, 0.2) is 0 Å². The van der Waals surface area contributed by atoms with E-state index in [1.807, 2.05) is 30.3 Å². The number of hydrogen-bond donors (Lipinski definition) is 1. The van der Waals surface area contributed by atoms with Crippen LogP contribution in [-0.2, 0) is 0 Å². The van der Waals surface area contributed by atoms with E-state index in [-0.39, 0.29) is 0 Å². The third-order valence-electron chi connectivity index (χ3n) is 2.63. The minimum atomic E-state index is -0.903. The molecule has 0 atom stereocenters. The fourth-order valence-electron chi connectivity index (χ4n) is 1.87. The number of carboxylic acid groups (broad SMARTS) is 1. The lowest BCUT2D eigenvalue weighted by atomic mass is 10.1. The number of carboxylic acids is 1. The molecular weight excluding hydrogens is 236 g/mol. The summed E-state index contributed by atoms with van der Waals surface area (Å²) in [6, 6.07) is 9.41. The summed E-state index contributed by atoms with van der Waals surface area (Å²) >= 11 is 1.22. The summed E-state index contributed by atoms with van der Waals surface area (Å²) in [5.41, 5.74) is 2.32. The molecule has 4 heteroatoms. The maximum atomic E-state index is 11.1. The lowest BCUT2D eigenvalue weighted by molar-refractivity contribution is 0.0703. The fraction of sp³-hybridized carbons (Fsp3) is 0. The van der Waals surface area contributed by atoms with Crippen molar-refractivity contribution in [3.8, 4) is 11.1 Å². The van der Waals surface area contributed by atoms with Crippen LogP contribution in [0.5, 0.6) is 0 Å². The van der Waals surface area contributed by atoms with Gasteiger partial charge in [-0.05, 0) is 17.5 Å². The van der Waals surface area contributed by atoms with Crippen molar-refractivity contribution < 1.29 is 14.3 Å². The molecule has 3 aromatic rings. The Hall–Kier alpha value is -2.07. The van der Waals surface area contributed by atoms with Crippen molar-refractivity contribution in [2.75, 3.05) is 0 Å². The van der Waals surface area contributed by atoms with Crippen LogP contribution in [0.25, 0.3) is 22.1 Å². The maximum absolute atomic E-state index is 11.1. The Bertz CT molecular complexity index is 693. The van der Waals surface area contributed by atoms with Crippen molar-refractivity contribution in [2.24, 2.45) is 0 Å². The van der Waals surface area contributed by atoms with Crippen LogP contribution >= 0.6 is 11.3 Å². The molecule has 0 spiro atoms. The summed E-state index contributed by atoms with van der Waals surface area (Å²) in [6.45, 7) is 0. The van der Waals surface area contributed by atoms with E-state index in [1.54, 1.807) is 11.6 Å². The molecule has 1 N–H and O–H groups in total. The summed E-state index contributed by atoms with van der Waals surface area (Å²) in [5, 5.41) is 11.8. The molecule has 0 saturated carbocycles. The second-order valence-corrected chi connectivity index (χ2v) is 4.53. The first kappa shape index (κ1) is 10.1. The van der Waals surface area contributed by atoms with E-state index in [0.29, 0.717) is 10.4 Å². The Morgan fingerprint density at radius 1 is 1.18 bits per heavy atom. The average Bonchev–Trinajstić information content (AvgIpc) is 2.94. The molecule has 0 aliphatic rings. The molecule has 2 heterocycles. The van der Waals surface area contributed by atoms with Crippen LogP contribution in [0.2, 0.25) is 0 Å². The monoisotopic (exact) mass is 244 g/mol. The highest BCUT2D eigenvalue weighted by Gasteiger charge is 2.16. The number of para-hydroxylation sites is 1. The highest BCUT2D eigenvalue weighted by molar-refractivity contribution is 7.12. The van der Waals surface area contributed by atoms with Crippen LogP contribution < -0.4 is 0 Å². The summed E-state index contributed by atoms with van der Waals surface area (Å²) < 4.78 is 5.42. The van der Waals surface area contributed by atoms with Crippen molar-refractivity contribution in [3.63, 3.8) is 0 Å². The third-order valence-corrected chi connectivity index (χ3v) is 3.53. The Balaban J connectivity index is 2.28. The minimum Gasteiger partial charge on any atom is -0.477 e. The van der Waals surface area contributed by atoms with E-state index in [4.69, 9.17) is 9.52 Å². The number of rotatable bonds is 2. The Kier molecular flexibility index (Phi) is 2.23. The van der Waals surface area contributed by atoms with Crippen LogP contribution in [0.4, 0.5) is 0 Å². The minimum absolute atomic E-state index is 0.344. The molecule has 0 radical (unpaired) electrons. The zero-order chi connectivity index (χ0) is 11.8. The lowest BCUT2D eigenvalue weighted by Gasteiger charge is -1.96. The zero-order valence-corrected chi connectivity index (χ0v) is 9.53. The van der Waals surface area contributed by atoms with Crippen LogP contribution in [-0.4, -0.2) is 11.1 Å². The number of benzene rings is 1. The van der Waals surface area contributed by atoms with E-state index >= 15 is 0 Å². The molecule has 0 unspecified atom stereocenters. The van der Waals surface area contributed by atoms with Crippen LogP contribution in [0.1, 0.15) is 9.67 Å². The molecule has 0 saturated heterocycles. The molecule has 17 heavy (non-hydrogen) atoms. The molecule has 0 aliphatic heterocycles. The van der Waals surface area contributed by atoms with E-state index in [1.165, 1.54) is 11.3 Å². The molecule has 0 amide bonds. The molecule has 3 rings (SSSR count). The number of hydrogen-bond acceptors (Lipinski definition) is 3. The van der Waals surface area contributed by atoms with Gasteiger partial charge in [-0.15, -0.1) is 11.3 Å². The maximum Gasteiger partial charge on any atom is 0.346 e. The van der Waals surface area contributed by atoms with Gasteiger partial charge in [-0.25, -0.2) is 4.79 Å². The van der Waals surface area contributed by atoms with E-state index in [9.17, 15) is 4.79 Å². The first-order valence-corrected chi connectivity index (χ1v) is 5.93. The van der Waals surface area contributed by atoms with Crippen molar-refractivity contribution in [1.82, 2.24) is 0 Å². The number of carbonyl (C=O) groups is 1. The number of thiophene rings is 1. The van der Waals surface area contributed by atoms with Crippen LogP contribution in [0, 0.1) is 0 Å². The molecule has 1 aromatic carbocycles. The molecule has 0 bridgehead atoms. The largest absolute Gasteiger partial charge is 0.477 e. The Morgan fingerprint density at radius 3 is 2.82 bits per heavy atom. The van der Waals surface area contributed by atoms with Gasteiger partial charge >= 0.3 is 5.97 Å². The lowest BCUT2D eigenvalue weighted by Crippen LogP contribution is -1.93. The third kappa shape index (κ3) is 1.54. The van der Waals surface area contributed by atoms with E-state index < -0.39 is 5.97 Å². The fourth-order valence-corrected chi connectivity index (χ4v) is 2.62. The van der Waals surface area contributed by atoms with Gasteiger partial charge in [0.2, 0.25) is 0 Å². The second kappa shape index (κ2) is 3.75. The Morgan fingerprint density at radius 2 is 2.00 bits per heavy atom. The van der Waals surface area contributed by atoms with E-state index in [2.05, 4.69) is 0 Å². The normalized spacial score (nSPS) is 10.8. The molecule has 0 fully saturated rings. The first-order valence-electron chi connectivity index (χ1n) is 5.05. The van der Waals surface area contributed by atoms with E-state index in [0.717, 1.165) is 16.5 Å². The quantitative estimate of drug-likeness (QED) is 0.744. The van der Waals surface area contributed by atoms with Gasteiger partial charge < -0.3 is 9.52 Å². The summed E-state index contributed by atoms with van der Waals surface area (Å²) in [7, 11) is 0. The van der Waals surface area contributed by atoms with Gasteiger partial charge in [0.05, 0.1) is 6.26 Å². The van der Waals surface area contributed by atoms with Gasteiger partial charge in [0, 0.05) is 16.5 Å². The smallest absolute Gasteiger partial charge is 0.346 e. The van der Waals surface area contributed by atoms with Crippen molar-refractivity contribution in [3.05, 3.63) is 46.9 Å².